The molecule has 1 saturated heterocycles. The number of sulfonamides is 1. The van der Waals surface area contributed by atoms with Crippen LogP contribution in [0.4, 0.5) is 5.82 Å². The molecule has 25 heavy (non-hydrogen) atoms. The minimum atomic E-state index is -3.50. The van der Waals surface area contributed by atoms with Crippen LogP contribution in [0.2, 0.25) is 0 Å². The first-order chi connectivity index (χ1) is 11.8. The molecule has 5 nitrogen and oxygen atoms in total. The average Bonchev–Trinajstić information content (AvgIpc) is 3.05. The van der Waals surface area contributed by atoms with E-state index < -0.39 is 10.0 Å². The van der Waals surface area contributed by atoms with E-state index >= 15 is 0 Å². The molecule has 0 radical (unpaired) electrons. The summed E-state index contributed by atoms with van der Waals surface area (Å²) >= 11 is 0. The van der Waals surface area contributed by atoms with E-state index in [-0.39, 0.29) is 6.04 Å². The maximum Gasteiger partial charge on any atom is 0.243 e. The summed E-state index contributed by atoms with van der Waals surface area (Å²) in [6.45, 7) is 4.53. The third kappa shape index (κ3) is 3.41. The van der Waals surface area contributed by atoms with Gasteiger partial charge in [-0.15, -0.1) is 0 Å². The van der Waals surface area contributed by atoms with Crippen molar-refractivity contribution in [2.24, 2.45) is 0 Å². The molecule has 0 amide bonds. The van der Waals surface area contributed by atoms with E-state index in [1.807, 2.05) is 57.2 Å². The van der Waals surface area contributed by atoms with Crippen LogP contribution in [0.25, 0.3) is 0 Å². The van der Waals surface area contributed by atoms with Gasteiger partial charge in [0.05, 0.1) is 10.9 Å². The Morgan fingerprint density at radius 1 is 1.16 bits per heavy atom. The normalized spacial score (nSPS) is 18.5. The molecule has 1 aliphatic heterocycles. The fourth-order valence-corrected chi connectivity index (χ4v) is 5.00. The Labute approximate surface area is 150 Å². The number of aromatic nitrogens is 1. The molecule has 0 spiro atoms. The first kappa shape index (κ1) is 17.9. The van der Waals surface area contributed by atoms with Crippen LogP contribution in [-0.2, 0) is 10.0 Å². The fourth-order valence-electron chi connectivity index (χ4n) is 3.33. The molecule has 0 bridgehead atoms. The summed E-state index contributed by atoms with van der Waals surface area (Å²) in [5.41, 5.74) is 3.13. The zero-order chi connectivity index (χ0) is 18.2. The van der Waals surface area contributed by atoms with Gasteiger partial charge in [0.2, 0.25) is 10.0 Å². The molecule has 0 N–H and O–H groups in total. The largest absolute Gasteiger partial charge is 0.363 e. The van der Waals surface area contributed by atoms with E-state index in [1.54, 1.807) is 16.4 Å². The molecular weight excluding hydrogens is 334 g/mol. The Hall–Kier alpha value is -1.92. The van der Waals surface area contributed by atoms with Crippen LogP contribution in [0.3, 0.4) is 0 Å². The molecule has 0 unspecified atom stereocenters. The molecule has 0 saturated carbocycles. The number of anilines is 1. The smallest absolute Gasteiger partial charge is 0.243 e. The molecule has 3 rings (SSSR count). The molecule has 2 aromatic rings. The van der Waals surface area contributed by atoms with Crippen molar-refractivity contribution in [3.63, 3.8) is 0 Å². The SMILES string of the molecule is Cc1ccc(S(=O)(=O)N2CCC[C@H]2c2cnc(N(C)C)cc2C)cc1. The fraction of sp³-hybridized carbons (Fsp3) is 0.421. The number of aryl methyl sites for hydroxylation is 2. The van der Waals surface area contributed by atoms with Gasteiger partial charge in [0.25, 0.3) is 0 Å². The highest BCUT2D eigenvalue weighted by Crippen LogP contribution is 2.38. The standard InChI is InChI=1S/C19H25N3O2S/c1-14-7-9-16(10-8-14)25(23,24)22-11-5-6-18(22)17-13-20-19(21(3)4)12-15(17)2/h7-10,12-13,18H,5-6,11H2,1-4H3/t18-/m0/s1. The molecule has 134 valence electrons. The number of pyridine rings is 1. The average molecular weight is 359 g/mol. The number of benzene rings is 1. The van der Waals surface area contributed by atoms with Gasteiger partial charge in [0.1, 0.15) is 5.82 Å². The second-order valence-corrected chi connectivity index (χ2v) is 8.77. The predicted octanol–water partition coefficient (Wildman–Crippen LogP) is 3.29. The van der Waals surface area contributed by atoms with Gasteiger partial charge < -0.3 is 4.90 Å². The van der Waals surface area contributed by atoms with Crippen LogP contribution in [0.15, 0.2) is 41.4 Å². The summed E-state index contributed by atoms with van der Waals surface area (Å²) in [6, 6.07) is 8.95. The Balaban J connectivity index is 1.96. The summed E-state index contributed by atoms with van der Waals surface area (Å²) in [5, 5.41) is 0. The van der Waals surface area contributed by atoms with Crippen LogP contribution >= 0.6 is 0 Å². The van der Waals surface area contributed by atoms with Crippen molar-refractivity contribution >= 4 is 15.8 Å². The number of hydrogen-bond donors (Lipinski definition) is 0. The lowest BCUT2D eigenvalue weighted by Gasteiger charge is -2.26. The van der Waals surface area contributed by atoms with Crippen LogP contribution < -0.4 is 4.90 Å². The molecule has 1 aliphatic rings. The number of nitrogens with zero attached hydrogens (tertiary/aromatic N) is 3. The van der Waals surface area contributed by atoms with E-state index in [0.717, 1.165) is 35.3 Å². The molecule has 1 fully saturated rings. The van der Waals surface area contributed by atoms with Crippen LogP contribution in [0.5, 0.6) is 0 Å². The maximum atomic E-state index is 13.1. The van der Waals surface area contributed by atoms with Gasteiger partial charge in [-0.3, -0.25) is 0 Å². The monoisotopic (exact) mass is 359 g/mol. The summed E-state index contributed by atoms with van der Waals surface area (Å²) in [5.74, 6) is 0.882. The molecule has 2 heterocycles. The van der Waals surface area contributed by atoms with Crippen molar-refractivity contribution in [3.05, 3.63) is 53.2 Å². The van der Waals surface area contributed by atoms with Gasteiger partial charge in [-0.25, -0.2) is 13.4 Å². The van der Waals surface area contributed by atoms with Crippen molar-refractivity contribution < 1.29 is 8.42 Å². The van der Waals surface area contributed by atoms with Crippen molar-refractivity contribution in [1.29, 1.82) is 0 Å². The van der Waals surface area contributed by atoms with Crippen LogP contribution in [0.1, 0.15) is 35.6 Å². The highest BCUT2D eigenvalue weighted by Gasteiger charge is 2.37. The minimum absolute atomic E-state index is 0.144. The summed E-state index contributed by atoms with van der Waals surface area (Å²) in [6.07, 6.45) is 3.53. The Bertz CT molecular complexity index is 861. The molecule has 0 aliphatic carbocycles. The topological polar surface area (TPSA) is 53.5 Å². The van der Waals surface area contributed by atoms with Crippen molar-refractivity contribution in [3.8, 4) is 0 Å². The Kier molecular flexibility index (Phi) is 4.84. The first-order valence-corrected chi connectivity index (χ1v) is 9.97. The Morgan fingerprint density at radius 3 is 2.44 bits per heavy atom. The molecule has 1 atom stereocenters. The summed E-state index contributed by atoms with van der Waals surface area (Å²) in [4.78, 5) is 6.80. The van der Waals surface area contributed by atoms with Gasteiger partial charge in [0.15, 0.2) is 0 Å². The molecule has 1 aromatic carbocycles. The van der Waals surface area contributed by atoms with E-state index in [9.17, 15) is 8.42 Å². The van der Waals surface area contributed by atoms with Gasteiger partial charge >= 0.3 is 0 Å². The van der Waals surface area contributed by atoms with E-state index in [0.29, 0.717) is 11.4 Å². The lowest BCUT2D eigenvalue weighted by atomic mass is 10.0. The van der Waals surface area contributed by atoms with Gasteiger partial charge in [-0.05, 0) is 56.0 Å². The van der Waals surface area contributed by atoms with E-state index in [1.165, 1.54) is 0 Å². The lowest BCUT2D eigenvalue weighted by Crippen LogP contribution is -2.31. The summed E-state index contributed by atoms with van der Waals surface area (Å²) in [7, 11) is 0.398. The van der Waals surface area contributed by atoms with E-state index in [2.05, 4.69) is 4.98 Å². The predicted molar refractivity (Wildman–Crippen MR) is 100 cm³/mol. The number of hydrogen-bond acceptors (Lipinski definition) is 4. The highest BCUT2D eigenvalue weighted by atomic mass is 32.2. The maximum absolute atomic E-state index is 13.1. The second-order valence-electron chi connectivity index (χ2n) is 6.88. The summed E-state index contributed by atoms with van der Waals surface area (Å²) < 4.78 is 27.9. The third-order valence-electron chi connectivity index (χ3n) is 4.79. The van der Waals surface area contributed by atoms with Crippen LogP contribution in [-0.4, -0.2) is 38.3 Å². The zero-order valence-corrected chi connectivity index (χ0v) is 16.0. The molecule has 6 heteroatoms. The third-order valence-corrected chi connectivity index (χ3v) is 6.71. The van der Waals surface area contributed by atoms with Gasteiger partial charge in [0, 0.05) is 26.8 Å². The van der Waals surface area contributed by atoms with E-state index in [4.69, 9.17) is 0 Å². The second kappa shape index (κ2) is 6.77. The van der Waals surface area contributed by atoms with Gasteiger partial charge in [-0.1, -0.05) is 17.7 Å². The molecular formula is C19H25N3O2S. The van der Waals surface area contributed by atoms with Crippen molar-refractivity contribution in [1.82, 2.24) is 9.29 Å². The zero-order valence-electron chi connectivity index (χ0n) is 15.2. The Morgan fingerprint density at radius 2 is 1.84 bits per heavy atom. The lowest BCUT2D eigenvalue weighted by molar-refractivity contribution is 0.395. The number of rotatable bonds is 4. The minimum Gasteiger partial charge on any atom is -0.363 e. The van der Waals surface area contributed by atoms with Gasteiger partial charge in [-0.2, -0.15) is 4.31 Å². The first-order valence-electron chi connectivity index (χ1n) is 8.53. The highest BCUT2D eigenvalue weighted by molar-refractivity contribution is 7.89. The quantitative estimate of drug-likeness (QED) is 0.841. The van der Waals surface area contributed by atoms with Crippen molar-refractivity contribution in [2.75, 3.05) is 25.5 Å². The molecule has 1 aromatic heterocycles. The van der Waals surface area contributed by atoms with Crippen LogP contribution in [0, 0.1) is 13.8 Å². The van der Waals surface area contributed by atoms with Crippen molar-refractivity contribution in [2.45, 2.75) is 37.6 Å².